The van der Waals surface area contributed by atoms with Crippen molar-refractivity contribution in [3.05, 3.63) is 77.4 Å². The van der Waals surface area contributed by atoms with Crippen LogP contribution in [0, 0.1) is 6.92 Å². The van der Waals surface area contributed by atoms with Crippen LogP contribution in [0.5, 0.6) is 0 Å². The summed E-state index contributed by atoms with van der Waals surface area (Å²) in [5, 5.41) is 2.94. The molecule has 0 aliphatic carbocycles. The van der Waals surface area contributed by atoms with Gasteiger partial charge in [-0.1, -0.05) is 67.1 Å². The standard InChI is InChI=1S/C19H21NO/c1-15-7-6-8-17(13-15)11-12-19(21)20-14-16(2)18-9-4-3-5-10-18/h3-13,16H,14H2,1-2H3,(H,20,21)/b12-11+/t16-/m0/s1. The van der Waals surface area contributed by atoms with Crippen LogP contribution >= 0.6 is 0 Å². The second-order valence-electron chi connectivity index (χ2n) is 5.30. The van der Waals surface area contributed by atoms with Crippen molar-refractivity contribution in [3.63, 3.8) is 0 Å². The molecule has 2 aromatic rings. The first-order chi connectivity index (χ1) is 10.1. The Hall–Kier alpha value is -2.35. The van der Waals surface area contributed by atoms with E-state index in [9.17, 15) is 4.79 Å². The van der Waals surface area contributed by atoms with Crippen LogP contribution in [0.15, 0.2) is 60.7 Å². The number of benzene rings is 2. The van der Waals surface area contributed by atoms with Crippen LogP contribution in [-0.2, 0) is 4.79 Å². The number of amides is 1. The fourth-order valence-electron chi connectivity index (χ4n) is 2.16. The van der Waals surface area contributed by atoms with E-state index < -0.39 is 0 Å². The zero-order valence-electron chi connectivity index (χ0n) is 12.5. The Morgan fingerprint density at radius 3 is 2.62 bits per heavy atom. The number of rotatable bonds is 5. The van der Waals surface area contributed by atoms with Gasteiger partial charge in [0, 0.05) is 12.6 Å². The number of carbonyl (C=O) groups excluding carboxylic acids is 1. The minimum atomic E-state index is -0.0562. The lowest BCUT2D eigenvalue weighted by Gasteiger charge is -2.11. The minimum Gasteiger partial charge on any atom is -0.352 e. The summed E-state index contributed by atoms with van der Waals surface area (Å²) in [5.41, 5.74) is 3.47. The normalized spacial score (nSPS) is 12.3. The van der Waals surface area contributed by atoms with Crippen LogP contribution in [0.4, 0.5) is 0 Å². The smallest absolute Gasteiger partial charge is 0.244 e. The lowest BCUT2D eigenvalue weighted by molar-refractivity contribution is -0.116. The average molecular weight is 279 g/mol. The van der Waals surface area contributed by atoms with E-state index in [-0.39, 0.29) is 5.91 Å². The van der Waals surface area contributed by atoms with E-state index in [1.54, 1.807) is 6.08 Å². The van der Waals surface area contributed by atoms with Crippen LogP contribution in [0.25, 0.3) is 6.08 Å². The lowest BCUT2D eigenvalue weighted by atomic mass is 10.0. The van der Waals surface area contributed by atoms with Crippen molar-refractivity contribution in [1.82, 2.24) is 5.32 Å². The van der Waals surface area contributed by atoms with Crippen molar-refractivity contribution in [2.24, 2.45) is 0 Å². The molecule has 0 aliphatic rings. The topological polar surface area (TPSA) is 29.1 Å². The molecular formula is C19H21NO. The molecule has 1 amide bonds. The Morgan fingerprint density at radius 2 is 1.90 bits per heavy atom. The van der Waals surface area contributed by atoms with Crippen LogP contribution in [0.2, 0.25) is 0 Å². The number of hydrogen-bond donors (Lipinski definition) is 1. The third-order valence-corrected chi connectivity index (χ3v) is 3.42. The largest absolute Gasteiger partial charge is 0.352 e. The van der Waals surface area contributed by atoms with Gasteiger partial charge in [0.05, 0.1) is 0 Å². The first kappa shape index (κ1) is 15.0. The molecule has 21 heavy (non-hydrogen) atoms. The zero-order chi connectivity index (χ0) is 15.1. The zero-order valence-corrected chi connectivity index (χ0v) is 12.5. The molecular weight excluding hydrogens is 258 g/mol. The maximum atomic E-state index is 11.8. The van der Waals surface area contributed by atoms with Gasteiger partial charge in [-0.05, 0) is 30.0 Å². The molecule has 2 heteroatoms. The van der Waals surface area contributed by atoms with E-state index >= 15 is 0 Å². The molecule has 0 spiro atoms. The summed E-state index contributed by atoms with van der Waals surface area (Å²) in [4.78, 5) is 11.8. The number of aryl methyl sites for hydroxylation is 1. The molecule has 0 aliphatic heterocycles. The van der Waals surface area contributed by atoms with Crippen molar-refractivity contribution in [2.45, 2.75) is 19.8 Å². The summed E-state index contributed by atoms with van der Waals surface area (Å²) in [7, 11) is 0. The first-order valence-electron chi connectivity index (χ1n) is 7.22. The summed E-state index contributed by atoms with van der Waals surface area (Å²) < 4.78 is 0. The van der Waals surface area contributed by atoms with Crippen LogP contribution < -0.4 is 5.32 Å². The van der Waals surface area contributed by atoms with Gasteiger partial charge in [-0.2, -0.15) is 0 Å². The molecule has 0 bridgehead atoms. The van der Waals surface area contributed by atoms with E-state index in [1.807, 2.05) is 49.4 Å². The highest BCUT2D eigenvalue weighted by atomic mass is 16.1. The van der Waals surface area contributed by atoms with Crippen molar-refractivity contribution >= 4 is 12.0 Å². The summed E-state index contributed by atoms with van der Waals surface area (Å²) in [6, 6.07) is 18.3. The first-order valence-corrected chi connectivity index (χ1v) is 7.22. The van der Waals surface area contributed by atoms with Crippen LogP contribution in [0.3, 0.4) is 0 Å². The monoisotopic (exact) mass is 279 g/mol. The lowest BCUT2D eigenvalue weighted by Crippen LogP contribution is -2.25. The number of nitrogens with one attached hydrogen (secondary N) is 1. The Labute approximate surface area is 126 Å². The molecule has 1 N–H and O–H groups in total. The van der Waals surface area contributed by atoms with E-state index in [4.69, 9.17) is 0 Å². The molecule has 0 saturated heterocycles. The van der Waals surface area contributed by atoms with Gasteiger partial charge in [0.1, 0.15) is 0 Å². The van der Waals surface area contributed by atoms with E-state index in [0.717, 1.165) is 5.56 Å². The van der Waals surface area contributed by atoms with Crippen molar-refractivity contribution in [3.8, 4) is 0 Å². The van der Waals surface area contributed by atoms with Gasteiger partial charge >= 0.3 is 0 Å². The Balaban J connectivity index is 1.85. The Bertz CT molecular complexity index is 616. The quantitative estimate of drug-likeness (QED) is 0.826. The van der Waals surface area contributed by atoms with Gasteiger partial charge in [-0.15, -0.1) is 0 Å². The van der Waals surface area contributed by atoms with Crippen molar-refractivity contribution < 1.29 is 4.79 Å². The number of hydrogen-bond acceptors (Lipinski definition) is 1. The summed E-state index contributed by atoms with van der Waals surface area (Å²) in [6.07, 6.45) is 3.43. The van der Waals surface area contributed by atoms with Gasteiger partial charge in [0.15, 0.2) is 0 Å². The van der Waals surface area contributed by atoms with Gasteiger partial charge in [-0.3, -0.25) is 4.79 Å². The van der Waals surface area contributed by atoms with Crippen molar-refractivity contribution in [2.75, 3.05) is 6.54 Å². The van der Waals surface area contributed by atoms with Gasteiger partial charge < -0.3 is 5.32 Å². The second kappa shape index (κ2) is 7.44. The van der Waals surface area contributed by atoms with Crippen LogP contribution in [0.1, 0.15) is 29.5 Å². The van der Waals surface area contributed by atoms with Crippen molar-refractivity contribution in [1.29, 1.82) is 0 Å². The average Bonchev–Trinajstić information content (AvgIpc) is 2.51. The Morgan fingerprint density at radius 1 is 1.14 bits per heavy atom. The third kappa shape index (κ3) is 4.92. The highest BCUT2D eigenvalue weighted by Crippen LogP contribution is 2.13. The molecule has 0 saturated carbocycles. The molecule has 2 rings (SSSR count). The maximum Gasteiger partial charge on any atom is 0.244 e. The summed E-state index contributed by atoms with van der Waals surface area (Å²) in [5.74, 6) is 0.252. The van der Waals surface area contributed by atoms with E-state index in [2.05, 4.69) is 30.4 Å². The summed E-state index contributed by atoms with van der Waals surface area (Å²) in [6.45, 7) is 4.79. The van der Waals surface area contributed by atoms with Gasteiger partial charge in [-0.25, -0.2) is 0 Å². The fourth-order valence-corrected chi connectivity index (χ4v) is 2.16. The SMILES string of the molecule is Cc1cccc(/C=C/C(=O)NC[C@H](C)c2ccccc2)c1. The molecule has 0 fully saturated rings. The molecule has 2 aromatic carbocycles. The molecule has 1 atom stereocenters. The molecule has 0 aromatic heterocycles. The predicted molar refractivity (Wildman–Crippen MR) is 88.1 cm³/mol. The Kier molecular flexibility index (Phi) is 5.33. The van der Waals surface area contributed by atoms with E-state index in [0.29, 0.717) is 12.5 Å². The molecule has 2 nitrogen and oxygen atoms in total. The molecule has 0 unspecified atom stereocenters. The minimum absolute atomic E-state index is 0.0562. The molecule has 0 heterocycles. The summed E-state index contributed by atoms with van der Waals surface area (Å²) >= 11 is 0. The van der Waals surface area contributed by atoms with E-state index in [1.165, 1.54) is 11.1 Å². The molecule has 108 valence electrons. The highest BCUT2D eigenvalue weighted by Gasteiger charge is 2.05. The third-order valence-electron chi connectivity index (χ3n) is 3.42. The van der Waals surface area contributed by atoms with Crippen LogP contribution in [-0.4, -0.2) is 12.5 Å². The highest BCUT2D eigenvalue weighted by molar-refractivity contribution is 5.91. The van der Waals surface area contributed by atoms with Gasteiger partial charge in [0.2, 0.25) is 5.91 Å². The maximum absolute atomic E-state index is 11.8. The fraction of sp³-hybridized carbons (Fsp3) is 0.211. The number of carbonyl (C=O) groups is 1. The second-order valence-corrected chi connectivity index (χ2v) is 5.30. The predicted octanol–water partition coefficient (Wildman–Crippen LogP) is 3.93. The van der Waals surface area contributed by atoms with Gasteiger partial charge in [0.25, 0.3) is 0 Å². The molecule has 0 radical (unpaired) electrons.